The third-order valence-electron chi connectivity index (χ3n) is 10.0. The van der Waals surface area contributed by atoms with Crippen LogP contribution >= 0.6 is 0 Å². The lowest BCUT2D eigenvalue weighted by Crippen LogP contribution is -2.41. The average Bonchev–Trinajstić information content (AvgIpc) is 3.97. The first-order chi connectivity index (χ1) is 27.9. The van der Waals surface area contributed by atoms with Crippen LogP contribution in [-0.4, -0.2) is 85.5 Å². The number of methoxy groups -OCH3 is 4. The van der Waals surface area contributed by atoms with Crippen molar-refractivity contribution in [2.75, 3.05) is 55.1 Å². The molecule has 0 unspecified atom stereocenters. The molecule has 4 aromatic carbocycles. The van der Waals surface area contributed by atoms with E-state index in [4.69, 9.17) is 56.6 Å². The first kappa shape index (κ1) is 44.6. The molecule has 3 aliphatic heterocycles. The van der Waals surface area contributed by atoms with Crippen LogP contribution in [0.5, 0.6) is 46.0 Å². The second kappa shape index (κ2) is 21.0. The Balaban J connectivity index is 0.000000209. The predicted octanol–water partition coefficient (Wildman–Crippen LogP) is 6.82. The molecule has 1 N–H and O–H groups in total. The summed E-state index contributed by atoms with van der Waals surface area (Å²) in [4.78, 5) is 0. The number of fused-ring (bicyclic) bond motifs is 1. The number of ether oxygens (including phenoxy) is 9. The summed E-state index contributed by atoms with van der Waals surface area (Å²) in [7, 11) is 5.02. The van der Waals surface area contributed by atoms with Crippen molar-refractivity contribution in [3.05, 3.63) is 83.9 Å². The monoisotopic (exact) mass is 802 g/mol. The summed E-state index contributed by atoms with van der Waals surface area (Å²) in [5.41, 5.74) is 2.66. The maximum atomic E-state index is 9.59. The molecule has 0 aromatic heterocycles. The van der Waals surface area contributed by atoms with Crippen molar-refractivity contribution in [1.29, 1.82) is 0 Å². The minimum absolute atomic E-state index is 0.208. The molecule has 0 spiro atoms. The number of hydrogen-bond donors (Lipinski definition) is 1. The molecule has 0 radical (unpaired) electrons. The van der Waals surface area contributed by atoms with E-state index in [2.05, 4.69) is 0 Å². The molecule has 0 saturated carbocycles. The smallest absolute Gasteiger partial charge is 0.493 e. The van der Waals surface area contributed by atoms with E-state index < -0.39 is 25.4 Å². The second-order valence-electron chi connectivity index (χ2n) is 14.5. The fourth-order valence-corrected chi connectivity index (χ4v) is 6.08. The van der Waals surface area contributed by atoms with Crippen molar-refractivity contribution < 1.29 is 61.6 Å². The maximum absolute atomic E-state index is 9.59. The fraction of sp³-hybridized carbons (Fsp3) is 0.442. The molecule has 15 heteroatoms. The van der Waals surface area contributed by atoms with Gasteiger partial charge in [0, 0.05) is 32.0 Å². The van der Waals surface area contributed by atoms with E-state index in [0.29, 0.717) is 65.8 Å². The van der Waals surface area contributed by atoms with Crippen molar-refractivity contribution in [1.82, 2.24) is 0 Å². The largest absolute Gasteiger partial charge is 0.495 e. The Labute approximate surface area is 342 Å². The average molecular weight is 803 g/mol. The molecular formula is C43H56B2O13. The van der Waals surface area contributed by atoms with Gasteiger partial charge in [0.1, 0.15) is 29.8 Å². The third kappa shape index (κ3) is 11.6. The van der Waals surface area contributed by atoms with E-state index in [0.717, 1.165) is 35.3 Å². The lowest BCUT2D eigenvalue weighted by Gasteiger charge is -2.32. The Bertz CT molecular complexity index is 1890. The van der Waals surface area contributed by atoms with Gasteiger partial charge in [-0.15, -0.1) is 0 Å². The molecule has 0 amide bonds. The zero-order valence-electron chi connectivity index (χ0n) is 35.1. The Hall–Kier alpha value is -4.47. The zero-order chi connectivity index (χ0) is 41.7. The van der Waals surface area contributed by atoms with Gasteiger partial charge in [0.2, 0.25) is 0 Å². The molecule has 312 valence electrons. The van der Waals surface area contributed by atoms with E-state index >= 15 is 0 Å². The van der Waals surface area contributed by atoms with E-state index in [9.17, 15) is 5.02 Å². The summed E-state index contributed by atoms with van der Waals surface area (Å²) in [6.45, 7) is 13.6. The van der Waals surface area contributed by atoms with Crippen LogP contribution in [-0.2, 0) is 41.4 Å². The normalized spacial score (nSPS) is 16.0. The van der Waals surface area contributed by atoms with Gasteiger partial charge in [0.25, 0.3) is 0 Å². The first-order valence-electron chi connectivity index (χ1n) is 19.4. The van der Waals surface area contributed by atoms with Gasteiger partial charge in [0.05, 0.1) is 52.9 Å². The number of rotatable bonds is 14. The van der Waals surface area contributed by atoms with Crippen LogP contribution in [0, 0.1) is 0 Å². The summed E-state index contributed by atoms with van der Waals surface area (Å²) >= 11 is 0. The molecule has 7 rings (SSSR count). The van der Waals surface area contributed by atoms with Gasteiger partial charge < -0.3 is 61.6 Å². The van der Waals surface area contributed by atoms with Crippen LogP contribution in [0.2, 0.25) is 0 Å². The van der Waals surface area contributed by atoms with Gasteiger partial charge in [-0.3, -0.25) is 0 Å². The van der Waals surface area contributed by atoms with Gasteiger partial charge in [-0.05, 0) is 118 Å². The van der Waals surface area contributed by atoms with E-state index in [1.165, 1.54) is 12.8 Å². The predicted molar refractivity (Wildman–Crippen MR) is 222 cm³/mol. The Kier molecular flexibility index (Phi) is 16.1. The Morgan fingerprint density at radius 1 is 0.621 bits per heavy atom. The standard InChI is InChI=1S/C24H33BO7.C15H15BO5.C4H8O/c1-8-28-16-29-15-17-13-18(30-19-10-12-21(26-6)22(14-19)27-7)9-11-20(17)25-31-23(2,3)24(4,5)32-25;1-18-14-6-4-12(8-15(14)19-2)21-11-3-5-13-10(7-11)9-20-16(13)17;1-2-4-5-3-1/h9-14H,8,15-16H2,1-7H3;3-8,17H,9H2,1-2H3;1-4H2. The van der Waals surface area contributed by atoms with Crippen molar-refractivity contribution in [3.63, 3.8) is 0 Å². The molecule has 0 atom stereocenters. The molecule has 0 aliphatic carbocycles. The highest BCUT2D eigenvalue weighted by Gasteiger charge is 2.52. The van der Waals surface area contributed by atoms with Crippen LogP contribution in [0.1, 0.15) is 58.6 Å². The van der Waals surface area contributed by atoms with E-state index in [1.807, 2.05) is 71.0 Å². The van der Waals surface area contributed by atoms with Crippen LogP contribution in [0.25, 0.3) is 0 Å². The highest BCUT2D eigenvalue weighted by atomic mass is 16.7. The SMILES string of the molecule is C1CCOC1.CCOCOCc1cc(Oc2ccc(OC)c(OC)c2)ccc1B1OC(C)(C)C(C)(C)O1.COc1ccc(Oc2ccc3c(c2)COB3O)cc1OC. The number of benzene rings is 4. The van der Waals surface area contributed by atoms with Gasteiger partial charge >= 0.3 is 14.2 Å². The minimum atomic E-state index is -0.838. The molecule has 3 heterocycles. The number of hydrogen-bond acceptors (Lipinski definition) is 13. The molecule has 2 fully saturated rings. The summed E-state index contributed by atoms with van der Waals surface area (Å²) in [6, 6.07) is 22.0. The van der Waals surface area contributed by atoms with Crippen LogP contribution in [0.4, 0.5) is 0 Å². The van der Waals surface area contributed by atoms with Crippen molar-refractivity contribution in [2.24, 2.45) is 0 Å². The highest BCUT2D eigenvalue weighted by Crippen LogP contribution is 2.38. The molecule has 0 bridgehead atoms. The topological polar surface area (TPSA) is 131 Å². The fourth-order valence-electron chi connectivity index (χ4n) is 6.08. The van der Waals surface area contributed by atoms with E-state index in [1.54, 1.807) is 64.8 Å². The van der Waals surface area contributed by atoms with Gasteiger partial charge in [-0.1, -0.05) is 12.1 Å². The Morgan fingerprint density at radius 2 is 1.12 bits per heavy atom. The molecule has 2 saturated heterocycles. The molecule has 13 nitrogen and oxygen atoms in total. The molecule has 4 aromatic rings. The van der Waals surface area contributed by atoms with Crippen molar-refractivity contribution in [2.45, 2.75) is 71.9 Å². The molecule has 3 aliphatic rings. The quantitative estimate of drug-likeness (QED) is 0.0814. The van der Waals surface area contributed by atoms with Crippen LogP contribution < -0.4 is 39.3 Å². The lowest BCUT2D eigenvalue weighted by atomic mass is 9.76. The second-order valence-corrected chi connectivity index (χ2v) is 14.5. The zero-order valence-corrected chi connectivity index (χ0v) is 35.1. The van der Waals surface area contributed by atoms with Crippen LogP contribution in [0.3, 0.4) is 0 Å². The van der Waals surface area contributed by atoms with Gasteiger partial charge in [-0.25, -0.2) is 0 Å². The third-order valence-corrected chi connectivity index (χ3v) is 10.0. The molecule has 58 heavy (non-hydrogen) atoms. The maximum Gasteiger partial charge on any atom is 0.495 e. The lowest BCUT2D eigenvalue weighted by molar-refractivity contribution is -0.0570. The van der Waals surface area contributed by atoms with Crippen LogP contribution in [0.15, 0.2) is 72.8 Å². The highest BCUT2D eigenvalue weighted by molar-refractivity contribution is 6.62. The Morgan fingerprint density at radius 3 is 1.62 bits per heavy atom. The van der Waals surface area contributed by atoms with Crippen molar-refractivity contribution >= 4 is 25.2 Å². The summed E-state index contributed by atoms with van der Waals surface area (Å²) in [5, 5.41) is 9.59. The van der Waals surface area contributed by atoms with Crippen molar-refractivity contribution in [3.8, 4) is 46.0 Å². The van der Waals surface area contributed by atoms with Gasteiger partial charge in [-0.2, -0.15) is 0 Å². The first-order valence-corrected chi connectivity index (χ1v) is 19.4. The summed E-state index contributed by atoms with van der Waals surface area (Å²) in [6.07, 6.45) is 2.56. The summed E-state index contributed by atoms with van der Waals surface area (Å²) < 4.78 is 66.6. The van der Waals surface area contributed by atoms with E-state index in [-0.39, 0.29) is 6.79 Å². The minimum Gasteiger partial charge on any atom is -0.493 e. The molecular weight excluding hydrogens is 746 g/mol. The van der Waals surface area contributed by atoms with Gasteiger partial charge in [0.15, 0.2) is 23.0 Å². The summed E-state index contributed by atoms with van der Waals surface area (Å²) in [5.74, 6) is 5.11.